The van der Waals surface area contributed by atoms with Crippen molar-refractivity contribution in [2.75, 3.05) is 0 Å². The molecule has 0 fully saturated rings. The largest absolute Gasteiger partial charge is 1.00 e. The molecule has 1 heterocycles. The van der Waals surface area contributed by atoms with Crippen LogP contribution in [0, 0.1) is 5.88 Å². The van der Waals surface area contributed by atoms with Crippen LogP contribution in [0.25, 0.3) is 10.9 Å². The molecule has 1 aromatic heterocycles. The molecule has 13 heavy (non-hydrogen) atoms. The number of para-hydroxylation sites is 1. The third kappa shape index (κ3) is 2.19. The van der Waals surface area contributed by atoms with Crippen LogP contribution >= 0.6 is 11.6 Å². The van der Waals surface area contributed by atoms with Crippen LogP contribution in [-0.4, -0.2) is 4.98 Å². The molecule has 0 saturated heterocycles. The standard InChI is InChI=1S/C10H7ClN.Li/c11-7-9-6-5-8-3-1-2-4-10(8)12-9;/h1-7H;/q-1;+1. The predicted octanol–water partition coefficient (Wildman–Crippen LogP) is -0.0125. The Morgan fingerprint density at radius 3 is 2.62 bits per heavy atom. The summed E-state index contributed by atoms with van der Waals surface area (Å²) in [5.74, 6) is 1.48. The zero-order chi connectivity index (χ0) is 8.39. The number of hydrogen-bond donors (Lipinski definition) is 0. The van der Waals surface area contributed by atoms with Crippen LogP contribution in [0.4, 0.5) is 0 Å². The zero-order valence-corrected chi connectivity index (χ0v) is 8.12. The molecular weight excluding hydrogens is 177 g/mol. The fraction of sp³-hybridized carbons (Fsp3) is 0. The van der Waals surface area contributed by atoms with Gasteiger partial charge in [-0.2, -0.15) is 6.07 Å². The van der Waals surface area contributed by atoms with E-state index in [0.717, 1.165) is 16.6 Å². The minimum absolute atomic E-state index is 0. The van der Waals surface area contributed by atoms with Crippen molar-refractivity contribution < 1.29 is 18.9 Å². The molecule has 0 aliphatic rings. The molecule has 2 aromatic rings. The fourth-order valence-corrected chi connectivity index (χ4v) is 1.26. The zero-order valence-electron chi connectivity index (χ0n) is 7.37. The Morgan fingerprint density at radius 1 is 1.08 bits per heavy atom. The van der Waals surface area contributed by atoms with Crippen LogP contribution in [0.5, 0.6) is 0 Å². The Kier molecular flexibility index (Phi) is 3.68. The number of halogens is 1. The first-order valence-electron chi connectivity index (χ1n) is 3.69. The van der Waals surface area contributed by atoms with Gasteiger partial charge in [0.1, 0.15) is 0 Å². The van der Waals surface area contributed by atoms with E-state index in [1.165, 1.54) is 5.88 Å². The van der Waals surface area contributed by atoms with Crippen LogP contribution in [-0.2, 0) is 0 Å². The Hall–Kier alpha value is -0.613. The van der Waals surface area contributed by atoms with Crippen LogP contribution in [0.3, 0.4) is 0 Å². The van der Waals surface area contributed by atoms with E-state index in [2.05, 4.69) is 4.98 Å². The number of nitrogens with zero attached hydrogens (tertiary/aromatic N) is 1. The molecule has 1 aromatic carbocycles. The summed E-state index contributed by atoms with van der Waals surface area (Å²) in [7, 11) is 0. The van der Waals surface area contributed by atoms with Gasteiger partial charge in [0.05, 0.1) is 5.52 Å². The second-order valence-corrected chi connectivity index (χ2v) is 2.76. The number of aromatic nitrogens is 1. The Bertz CT molecular complexity index is 403. The number of pyridine rings is 1. The predicted molar refractivity (Wildman–Crippen MR) is 51.0 cm³/mol. The normalized spacial score (nSPS) is 9.31. The van der Waals surface area contributed by atoms with Gasteiger partial charge in [0.2, 0.25) is 0 Å². The molecule has 0 bridgehead atoms. The summed E-state index contributed by atoms with van der Waals surface area (Å²) in [5.41, 5.74) is 1.78. The SMILES string of the molecule is Cl[CH-]c1ccc2ccccc2n1.[Li+]. The van der Waals surface area contributed by atoms with Gasteiger partial charge < -0.3 is 0 Å². The first-order valence-corrected chi connectivity index (χ1v) is 4.13. The van der Waals surface area contributed by atoms with Gasteiger partial charge in [-0.3, -0.25) is 4.98 Å². The van der Waals surface area contributed by atoms with Crippen molar-refractivity contribution in [1.29, 1.82) is 0 Å². The minimum Gasteiger partial charge on any atom is -0.286 e. The molecule has 2 rings (SSSR count). The van der Waals surface area contributed by atoms with Gasteiger partial charge in [-0.15, -0.1) is 11.9 Å². The molecule has 0 atom stereocenters. The van der Waals surface area contributed by atoms with E-state index in [9.17, 15) is 0 Å². The van der Waals surface area contributed by atoms with E-state index in [1.54, 1.807) is 0 Å². The van der Waals surface area contributed by atoms with E-state index in [-0.39, 0.29) is 18.9 Å². The third-order valence-electron chi connectivity index (χ3n) is 1.73. The van der Waals surface area contributed by atoms with E-state index >= 15 is 0 Å². The van der Waals surface area contributed by atoms with Crippen LogP contribution in [0.2, 0.25) is 0 Å². The van der Waals surface area contributed by atoms with Crippen molar-refractivity contribution in [3.8, 4) is 0 Å². The van der Waals surface area contributed by atoms with E-state index in [4.69, 9.17) is 11.6 Å². The molecule has 60 valence electrons. The van der Waals surface area contributed by atoms with Crippen molar-refractivity contribution >= 4 is 22.5 Å². The van der Waals surface area contributed by atoms with Crippen molar-refractivity contribution in [3.63, 3.8) is 0 Å². The number of fused-ring (bicyclic) bond motifs is 1. The minimum atomic E-state index is 0. The number of rotatable bonds is 1. The first-order chi connectivity index (χ1) is 5.90. The van der Waals surface area contributed by atoms with E-state index < -0.39 is 0 Å². The van der Waals surface area contributed by atoms with Gasteiger partial charge in [-0.1, -0.05) is 23.9 Å². The second-order valence-electron chi connectivity index (χ2n) is 2.54. The quantitative estimate of drug-likeness (QED) is 0.448. The van der Waals surface area contributed by atoms with E-state index in [0.29, 0.717) is 0 Å². The molecule has 0 unspecified atom stereocenters. The number of benzene rings is 1. The van der Waals surface area contributed by atoms with Crippen molar-refractivity contribution in [2.24, 2.45) is 0 Å². The van der Waals surface area contributed by atoms with Gasteiger partial charge in [0.15, 0.2) is 0 Å². The monoisotopic (exact) mass is 183 g/mol. The van der Waals surface area contributed by atoms with Gasteiger partial charge >= 0.3 is 18.9 Å². The Morgan fingerprint density at radius 2 is 1.85 bits per heavy atom. The topological polar surface area (TPSA) is 12.9 Å². The summed E-state index contributed by atoms with van der Waals surface area (Å²) >= 11 is 5.54. The molecule has 0 saturated carbocycles. The molecule has 0 amide bonds. The van der Waals surface area contributed by atoms with Crippen LogP contribution in [0.1, 0.15) is 5.69 Å². The molecular formula is C10H7ClLiN. The maximum atomic E-state index is 5.54. The Labute approximate surface area is 94.3 Å². The Balaban J connectivity index is 0.000000845. The van der Waals surface area contributed by atoms with Crippen LogP contribution in [0.15, 0.2) is 36.4 Å². The number of hydrogen-bond acceptors (Lipinski definition) is 1. The molecule has 1 nitrogen and oxygen atoms in total. The van der Waals surface area contributed by atoms with Crippen molar-refractivity contribution in [3.05, 3.63) is 48.0 Å². The van der Waals surface area contributed by atoms with Gasteiger partial charge in [0.25, 0.3) is 0 Å². The molecule has 0 N–H and O–H groups in total. The summed E-state index contributed by atoms with van der Waals surface area (Å²) in [4.78, 5) is 4.31. The first kappa shape index (κ1) is 10.5. The molecule has 0 radical (unpaired) electrons. The summed E-state index contributed by atoms with van der Waals surface area (Å²) in [6.45, 7) is 0. The molecule has 0 aliphatic heterocycles. The fourth-order valence-electron chi connectivity index (χ4n) is 1.14. The van der Waals surface area contributed by atoms with Crippen LogP contribution < -0.4 is 18.9 Å². The smallest absolute Gasteiger partial charge is 0.286 e. The maximum Gasteiger partial charge on any atom is 1.00 e. The van der Waals surface area contributed by atoms with E-state index in [1.807, 2.05) is 36.4 Å². The molecule has 3 heteroatoms. The second kappa shape index (κ2) is 4.58. The molecule has 0 aliphatic carbocycles. The van der Waals surface area contributed by atoms with Crippen molar-refractivity contribution in [1.82, 2.24) is 4.98 Å². The molecule has 0 spiro atoms. The van der Waals surface area contributed by atoms with Crippen molar-refractivity contribution in [2.45, 2.75) is 0 Å². The average molecular weight is 184 g/mol. The summed E-state index contributed by atoms with van der Waals surface area (Å²) in [6, 6.07) is 11.9. The van der Waals surface area contributed by atoms with Gasteiger partial charge in [0, 0.05) is 0 Å². The summed E-state index contributed by atoms with van der Waals surface area (Å²) < 4.78 is 0. The maximum absolute atomic E-state index is 5.54. The average Bonchev–Trinajstić information content (AvgIpc) is 2.17. The van der Waals surface area contributed by atoms with Gasteiger partial charge in [-0.05, 0) is 11.5 Å². The summed E-state index contributed by atoms with van der Waals surface area (Å²) in [6.07, 6.45) is 0. The summed E-state index contributed by atoms with van der Waals surface area (Å²) in [5, 5.41) is 1.14. The third-order valence-corrected chi connectivity index (χ3v) is 1.96. The van der Waals surface area contributed by atoms with Gasteiger partial charge in [-0.25, -0.2) is 11.6 Å².